The van der Waals surface area contributed by atoms with Crippen molar-refractivity contribution in [1.82, 2.24) is 4.90 Å². The van der Waals surface area contributed by atoms with Gasteiger partial charge >= 0.3 is 0 Å². The molecule has 0 bridgehead atoms. The minimum Gasteiger partial charge on any atom is -0.366 e. The minimum atomic E-state index is -0.249. The van der Waals surface area contributed by atoms with Crippen LogP contribution in [0.4, 0.5) is 15.8 Å². The van der Waals surface area contributed by atoms with E-state index in [2.05, 4.69) is 0 Å². The van der Waals surface area contributed by atoms with Crippen LogP contribution in [0.15, 0.2) is 48.5 Å². The summed E-state index contributed by atoms with van der Waals surface area (Å²) >= 11 is 0. The number of nitrogens with zero attached hydrogens (tertiary/aromatic N) is 3. The number of carbonyl (C=O) groups is 2. The summed E-state index contributed by atoms with van der Waals surface area (Å²) < 4.78 is 14.0. The Balaban J connectivity index is 1.66. The molecule has 28 heavy (non-hydrogen) atoms. The zero-order valence-electron chi connectivity index (χ0n) is 16.4. The molecule has 2 aromatic carbocycles. The third kappa shape index (κ3) is 4.32. The number of carbonyl (C=O) groups excluding carboxylic acids is 2. The Morgan fingerprint density at radius 3 is 2.29 bits per heavy atom. The van der Waals surface area contributed by atoms with Crippen LogP contribution in [0.5, 0.6) is 0 Å². The summed E-state index contributed by atoms with van der Waals surface area (Å²) in [6, 6.07) is 14.3. The van der Waals surface area contributed by atoms with Gasteiger partial charge in [0, 0.05) is 38.8 Å². The van der Waals surface area contributed by atoms with Crippen LogP contribution in [0.1, 0.15) is 19.4 Å². The van der Waals surface area contributed by atoms with E-state index in [1.54, 1.807) is 21.9 Å². The van der Waals surface area contributed by atoms with Crippen LogP contribution in [0, 0.1) is 5.82 Å². The first-order valence-corrected chi connectivity index (χ1v) is 9.64. The van der Waals surface area contributed by atoms with Crippen molar-refractivity contribution in [3.05, 3.63) is 59.9 Å². The summed E-state index contributed by atoms with van der Waals surface area (Å²) in [4.78, 5) is 30.3. The van der Waals surface area contributed by atoms with Gasteiger partial charge in [0.1, 0.15) is 12.4 Å². The summed E-state index contributed by atoms with van der Waals surface area (Å²) in [5.74, 6) is -0.491. The van der Waals surface area contributed by atoms with Crippen molar-refractivity contribution in [2.24, 2.45) is 0 Å². The first-order chi connectivity index (χ1) is 13.5. The van der Waals surface area contributed by atoms with Crippen molar-refractivity contribution in [2.75, 3.05) is 42.5 Å². The Hall–Kier alpha value is -2.89. The van der Waals surface area contributed by atoms with Gasteiger partial charge in [-0.2, -0.15) is 0 Å². The molecule has 0 unspecified atom stereocenters. The van der Waals surface area contributed by atoms with Crippen LogP contribution in [-0.2, 0) is 16.0 Å². The van der Waals surface area contributed by atoms with Crippen molar-refractivity contribution in [2.45, 2.75) is 20.3 Å². The molecule has 5 nitrogen and oxygen atoms in total. The predicted molar refractivity (Wildman–Crippen MR) is 109 cm³/mol. The molecule has 1 saturated heterocycles. The SMILES string of the molecule is CCc1ccccc1N(CC(=O)N1CCN(c2ccccc2F)CC1)C(C)=O. The highest BCUT2D eigenvalue weighted by atomic mass is 19.1. The number of amides is 2. The summed E-state index contributed by atoms with van der Waals surface area (Å²) in [5.41, 5.74) is 2.39. The van der Waals surface area contributed by atoms with Crippen LogP contribution >= 0.6 is 0 Å². The predicted octanol–water partition coefficient (Wildman–Crippen LogP) is 3.09. The molecule has 0 spiro atoms. The second-order valence-corrected chi connectivity index (χ2v) is 6.91. The standard InChI is InChI=1S/C22H26FN3O2/c1-3-18-8-4-6-10-20(18)26(17(2)27)16-22(28)25-14-12-24(13-15-25)21-11-7-5-9-19(21)23/h4-11H,3,12-16H2,1-2H3. The quantitative estimate of drug-likeness (QED) is 0.797. The zero-order valence-corrected chi connectivity index (χ0v) is 16.4. The van der Waals surface area contributed by atoms with E-state index >= 15 is 0 Å². The maximum atomic E-state index is 14.0. The molecule has 1 aliphatic rings. The van der Waals surface area contributed by atoms with E-state index in [1.807, 2.05) is 42.2 Å². The molecule has 0 atom stereocenters. The van der Waals surface area contributed by atoms with E-state index in [0.29, 0.717) is 31.9 Å². The highest BCUT2D eigenvalue weighted by Gasteiger charge is 2.26. The third-order valence-corrected chi connectivity index (χ3v) is 5.16. The molecule has 1 fully saturated rings. The zero-order chi connectivity index (χ0) is 20.1. The largest absolute Gasteiger partial charge is 0.366 e. The Morgan fingerprint density at radius 2 is 1.64 bits per heavy atom. The van der Waals surface area contributed by atoms with Gasteiger partial charge in [-0.05, 0) is 30.2 Å². The van der Waals surface area contributed by atoms with Crippen molar-refractivity contribution < 1.29 is 14.0 Å². The molecule has 1 aliphatic heterocycles. The normalized spacial score (nSPS) is 14.1. The lowest BCUT2D eigenvalue weighted by atomic mass is 10.1. The molecule has 1 heterocycles. The number of hydrogen-bond acceptors (Lipinski definition) is 3. The average molecular weight is 383 g/mol. The number of benzene rings is 2. The van der Waals surface area contributed by atoms with Crippen molar-refractivity contribution in [1.29, 1.82) is 0 Å². The van der Waals surface area contributed by atoms with Gasteiger partial charge in [0.2, 0.25) is 11.8 Å². The molecule has 0 N–H and O–H groups in total. The van der Waals surface area contributed by atoms with Gasteiger partial charge < -0.3 is 14.7 Å². The second-order valence-electron chi connectivity index (χ2n) is 6.91. The highest BCUT2D eigenvalue weighted by molar-refractivity contribution is 5.98. The van der Waals surface area contributed by atoms with Gasteiger partial charge in [0.25, 0.3) is 0 Å². The minimum absolute atomic E-state index is 0.0199. The van der Waals surface area contributed by atoms with Crippen LogP contribution in [-0.4, -0.2) is 49.4 Å². The van der Waals surface area contributed by atoms with Gasteiger partial charge in [-0.15, -0.1) is 0 Å². The van der Waals surface area contributed by atoms with Crippen molar-refractivity contribution in [3.8, 4) is 0 Å². The van der Waals surface area contributed by atoms with Crippen LogP contribution in [0.3, 0.4) is 0 Å². The molecule has 2 amide bonds. The van der Waals surface area contributed by atoms with E-state index in [1.165, 1.54) is 13.0 Å². The van der Waals surface area contributed by atoms with Crippen LogP contribution in [0.25, 0.3) is 0 Å². The maximum Gasteiger partial charge on any atom is 0.242 e. The Morgan fingerprint density at radius 1 is 1.00 bits per heavy atom. The molecular formula is C22H26FN3O2. The lowest BCUT2D eigenvalue weighted by molar-refractivity contribution is -0.131. The number of rotatable bonds is 5. The lowest BCUT2D eigenvalue weighted by Crippen LogP contribution is -2.52. The van der Waals surface area contributed by atoms with Crippen LogP contribution < -0.4 is 9.80 Å². The fourth-order valence-corrected chi connectivity index (χ4v) is 3.58. The molecule has 148 valence electrons. The molecule has 3 rings (SSSR count). The number of hydrogen-bond donors (Lipinski definition) is 0. The molecule has 0 radical (unpaired) electrons. The topological polar surface area (TPSA) is 43.9 Å². The van der Waals surface area contributed by atoms with E-state index in [-0.39, 0.29) is 24.2 Å². The number of para-hydroxylation sites is 2. The highest BCUT2D eigenvalue weighted by Crippen LogP contribution is 2.23. The summed E-state index contributed by atoms with van der Waals surface area (Å²) in [6.45, 7) is 5.68. The lowest BCUT2D eigenvalue weighted by Gasteiger charge is -2.37. The summed E-state index contributed by atoms with van der Waals surface area (Å²) in [5, 5.41) is 0. The maximum absolute atomic E-state index is 14.0. The third-order valence-electron chi connectivity index (χ3n) is 5.16. The van der Waals surface area contributed by atoms with Gasteiger partial charge in [-0.1, -0.05) is 37.3 Å². The smallest absolute Gasteiger partial charge is 0.242 e. The van der Waals surface area contributed by atoms with E-state index in [9.17, 15) is 14.0 Å². The average Bonchev–Trinajstić information content (AvgIpc) is 2.72. The Labute approximate surface area is 165 Å². The summed E-state index contributed by atoms with van der Waals surface area (Å²) in [6.07, 6.45) is 0.787. The molecule has 2 aromatic rings. The van der Waals surface area contributed by atoms with Gasteiger partial charge in [0.15, 0.2) is 0 Å². The number of aryl methyl sites for hydroxylation is 1. The molecule has 0 aromatic heterocycles. The summed E-state index contributed by atoms with van der Waals surface area (Å²) in [7, 11) is 0. The molecule has 6 heteroatoms. The first-order valence-electron chi connectivity index (χ1n) is 9.64. The first kappa shape index (κ1) is 19.9. The van der Waals surface area contributed by atoms with Crippen molar-refractivity contribution in [3.63, 3.8) is 0 Å². The number of piperazine rings is 1. The van der Waals surface area contributed by atoms with E-state index in [4.69, 9.17) is 0 Å². The molecule has 0 aliphatic carbocycles. The number of anilines is 2. The van der Waals surface area contributed by atoms with Gasteiger partial charge in [0.05, 0.1) is 5.69 Å². The molecular weight excluding hydrogens is 357 g/mol. The van der Waals surface area contributed by atoms with Gasteiger partial charge in [-0.3, -0.25) is 9.59 Å². The van der Waals surface area contributed by atoms with E-state index in [0.717, 1.165) is 17.7 Å². The van der Waals surface area contributed by atoms with Gasteiger partial charge in [-0.25, -0.2) is 4.39 Å². The monoisotopic (exact) mass is 383 g/mol. The molecule has 0 saturated carbocycles. The van der Waals surface area contributed by atoms with Crippen LogP contribution in [0.2, 0.25) is 0 Å². The van der Waals surface area contributed by atoms with Crippen molar-refractivity contribution >= 4 is 23.2 Å². The van der Waals surface area contributed by atoms with E-state index < -0.39 is 0 Å². The second kappa shape index (κ2) is 8.87. The fraction of sp³-hybridized carbons (Fsp3) is 0.364. The Bertz CT molecular complexity index is 847. The Kier molecular flexibility index (Phi) is 6.29. The fourth-order valence-electron chi connectivity index (χ4n) is 3.58. The number of halogens is 1.